The lowest BCUT2D eigenvalue weighted by Gasteiger charge is -2.33. The third-order valence-electron chi connectivity index (χ3n) is 6.31. The molecule has 3 aromatic carbocycles. The van der Waals surface area contributed by atoms with Gasteiger partial charge in [0.25, 0.3) is 0 Å². The molecule has 1 atom stereocenters. The molecule has 1 N–H and O–H groups in total. The van der Waals surface area contributed by atoms with Gasteiger partial charge >= 0.3 is 0 Å². The Labute approximate surface area is 227 Å². The van der Waals surface area contributed by atoms with Gasteiger partial charge in [-0.15, -0.1) is 0 Å². The highest BCUT2D eigenvalue weighted by atomic mass is 32.2. The number of hydrogen-bond acceptors (Lipinski definition) is 6. The summed E-state index contributed by atoms with van der Waals surface area (Å²) in [5.41, 5.74) is 1.17. The van der Waals surface area contributed by atoms with E-state index in [2.05, 4.69) is 5.32 Å². The average Bonchev–Trinajstić information content (AvgIpc) is 2.93. The van der Waals surface area contributed by atoms with E-state index in [1.54, 1.807) is 12.1 Å². The van der Waals surface area contributed by atoms with E-state index in [1.165, 1.54) is 42.3 Å². The number of hydrogen-bond donors (Lipinski definition) is 1. The molecule has 206 valence electrons. The molecule has 11 heteroatoms. The second-order valence-electron chi connectivity index (χ2n) is 9.03. The highest BCUT2D eigenvalue weighted by Gasteiger charge is 2.33. The van der Waals surface area contributed by atoms with Crippen LogP contribution in [0.25, 0.3) is 0 Å². The Kier molecular flexibility index (Phi) is 8.70. The lowest BCUT2D eigenvalue weighted by Crippen LogP contribution is -2.53. The summed E-state index contributed by atoms with van der Waals surface area (Å²) in [6.45, 7) is -0.184. The molecule has 0 fully saturated rings. The number of nitrogens with zero attached hydrogens (tertiary/aromatic N) is 2. The number of anilines is 1. The Balaban J connectivity index is 1.72. The Hall–Kier alpha value is -4.12. The molecule has 0 spiro atoms. The summed E-state index contributed by atoms with van der Waals surface area (Å²) in [4.78, 5) is 28.2. The van der Waals surface area contributed by atoms with Crippen LogP contribution in [0.3, 0.4) is 0 Å². The number of ether oxygens (including phenoxy) is 2. The van der Waals surface area contributed by atoms with Crippen molar-refractivity contribution in [1.82, 2.24) is 10.2 Å². The quantitative estimate of drug-likeness (QED) is 0.413. The van der Waals surface area contributed by atoms with Crippen LogP contribution in [0.2, 0.25) is 0 Å². The minimum absolute atomic E-state index is 0.142. The Morgan fingerprint density at radius 2 is 1.64 bits per heavy atom. The molecule has 1 aliphatic heterocycles. The summed E-state index contributed by atoms with van der Waals surface area (Å²) in [5, 5.41) is 2.58. The number of halogens is 1. The lowest BCUT2D eigenvalue weighted by atomic mass is 10.0. The van der Waals surface area contributed by atoms with E-state index in [-0.39, 0.29) is 24.2 Å². The fourth-order valence-electron chi connectivity index (χ4n) is 4.33. The number of nitrogens with one attached hydrogen (secondary N) is 1. The summed E-state index contributed by atoms with van der Waals surface area (Å²) < 4.78 is 52.5. The maximum absolute atomic E-state index is 14.7. The molecule has 0 saturated carbocycles. The Morgan fingerprint density at radius 3 is 2.31 bits per heavy atom. The molecule has 1 heterocycles. The van der Waals surface area contributed by atoms with Gasteiger partial charge in [-0.05, 0) is 23.8 Å². The molecule has 2 amide bonds. The molecular weight excluding hydrogens is 525 g/mol. The average molecular weight is 556 g/mol. The van der Waals surface area contributed by atoms with Crippen molar-refractivity contribution in [2.45, 2.75) is 19.0 Å². The van der Waals surface area contributed by atoms with Crippen LogP contribution >= 0.6 is 0 Å². The Bertz CT molecular complexity index is 1430. The first kappa shape index (κ1) is 27.9. The normalized spacial score (nSPS) is 13.3. The van der Waals surface area contributed by atoms with Crippen molar-refractivity contribution in [2.75, 3.05) is 37.4 Å². The highest BCUT2D eigenvalue weighted by molar-refractivity contribution is 7.92. The number of rotatable bonds is 10. The van der Waals surface area contributed by atoms with Gasteiger partial charge in [-0.3, -0.25) is 13.9 Å². The first-order valence-electron chi connectivity index (χ1n) is 12.3. The van der Waals surface area contributed by atoms with Crippen LogP contribution < -0.4 is 19.1 Å². The molecule has 0 bridgehead atoms. The second kappa shape index (κ2) is 12.2. The van der Waals surface area contributed by atoms with Crippen molar-refractivity contribution in [3.05, 3.63) is 89.7 Å². The van der Waals surface area contributed by atoms with Crippen molar-refractivity contribution in [3.63, 3.8) is 0 Å². The SMILES string of the molecule is CNC(=O)[C@H](Cc1ccccc1)N(Cc1ccccc1F)C(=O)CN(c1ccc2c(c1)OCCO2)S(C)(=O)=O. The molecule has 0 radical (unpaired) electrons. The van der Waals surface area contributed by atoms with Gasteiger partial charge < -0.3 is 19.7 Å². The van der Waals surface area contributed by atoms with Gasteiger partial charge in [0, 0.05) is 31.6 Å². The van der Waals surface area contributed by atoms with Gasteiger partial charge in [0.05, 0.1) is 11.9 Å². The van der Waals surface area contributed by atoms with Crippen molar-refractivity contribution in [3.8, 4) is 11.5 Å². The van der Waals surface area contributed by atoms with E-state index in [1.807, 2.05) is 30.3 Å². The molecule has 4 rings (SSSR count). The lowest BCUT2D eigenvalue weighted by molar-refractivity contribution is -0.139. The maximum Gasteiger partial charge on any atom is 0.244 e. The maximum atomic E-state index is 14.7. The van der Waals surface area contributed by atoms with Crippen LogP contribution in [0.4, 0.5) is 10.1 Å². The summed E-state index contributed by atoms with van der Waals surface area (Å²) in [5.74, 6) is -0.863. The summed E-state index contributed by atoms with van der Waals surface area (Å²) in [6, 6.07) is 18.6. The van der Waals surface area contributed by atoms with Crippen LogP contribution in [0.1, 0.15) is 11.1 Å². The Morgan fingerprint density at radius 1 is 0.974 bits per heavy atom. The molecule has 39 heavy (non-hydrogen) atoms. The number of carbonyl (C=O) groups excluding carboxylic acids is 2. The number of amides is 2. The van der Waals surface area contributed by atoms with E-state index in [9.17, 15) is 22.4 Å². The largest absolute Gasteiger partial charge is 0.486 e. The highest BCUT2D eigenvalue weighted by Crippen LogP contribution is 2.34. The van der Waals surface area contributed by atoms with Crippen LogP contribution in [-0.2, 0) is 32.6 Å². The first-order chi connectivity index (χ1) is 18.7. The standard InChI is InChI=1S/C28H30FN3O6S/c1-30-28(34)24(16-20-8-4-3-5-9-20)31(18-21-10-6-7-11-23(21)29)27(33)19-32(39(2,35)36)22-12-13-25-26(17-22)38-15-14-37-25/h3-13,17,24H,14-16,18-19H2,1-2H3,(H,30,34)/t24-/m0/s1. The number of likely N-dealkylation sites (N-methyl/N-ethyl adjacent to an activating group) is 1. The predicted octanol–water partition coefficient (Wildman–Crippen LogP) is 2.75. The van der Waals surface area contributed by atoms with Gasteiger partial charge in [0.1, 0.15) is 31.6 Å². The van der Waals surface area contributed by atoms with E-state index >= 15 is 0 Å². The molecule has 3 aromatic rings. The van der Waals surface area contributed by atoms with Crippen molar-refractivity contribution < 1.29 is 31.9 Å². The first-order valence-corrected chi connectivity index (χ1v) is 14.2. The minimum Gasteiger partial charge on any atom is -0.486 e. The summed E-state index contributed by atoms with van der Waals surface area (Å²) in [6.07, 6.45) is 1.13. The van der Waals surface area contributed by atoms with Crippen LogP contribution in [-0.4, -0.2) is 64.2 Å². The molecule has 0 aromatic heterocycles. The van der Waals surface area contributed by atoms with Gasteiger partial charge in [-0.1, -0.05) is 48.5 Å². The monoisotopic (exact) mass is 555 g/mol. The summed E-state index contributed by atoms with van der Waals surface area (Å²) in [7, 11) is -2.50. The van der Waals surface area contributed by atoms with Gasteiger partial charge in [0.15, 0.2) is 11.5 Å². The zero-order valence-electron chi connectivity index (χ0n) is 21.7. The van der Waals surface area contributed by atoms with Crippen LogP contribution in [0, 0.1) is 5.82 Å². The number of sulfonamides is 1. The van der Waals surface area contributed by atoms with Crippen LogP contribution in [0.15, 0.2) is 72.8 Å². The van der Waals surface area contributed by atoms with E-state index in [4.69, 9.17) is 9.47 Å². The fourth-order valence-corrected chi connectivity index (χ4v) is 5.17. The topological polar surface area (TPSA) is 105 Å². The fraction of sp³-hybridized carbons (Fsp3) is 0.286. The molecule has 1 aliphatic rings. The number of benzene rings is 3. The van der Waals surface area contributed by atoms with E-state index in [0.717, 1.165) is 16.1 Å². The van der Waals surface area contributed by atoms with Crippen molar-refractivity contribution >= 4 is 27.5 Å². The zero-order chi connectivity index (χ0) is 28.0. The summed E-state index contributed by atoms with van der Waals surface area (Å²) >= 11 is 0. The molecule has 0 unspecified atom stereocenters. The number of carbonyl (C=O) groups is 2. The molecule has 0 aliphatic carbocycles. The predicted molar refractivity (Wildman–Crippen MR) is 145 cm³/mol. The zero-order valence-corrected chi connectivity index (χ0v) is 22.5. The van der Waals surface area contributed by atoms with Crippen molar-refractivity contribution in [1.29, 1.82) is 0 Å². The van der Waals surface area contributed by atoms with Crippen LogP contribution in [0.5, 0.6) is 11.5 Å². The van der Waals surface area contributed by atoms with Crippen molar-refractivity contribution in [2.24, 2.45) is 0 Å². The van der Waals surface area contributed by atoms with E-state index < -0.39 is 40.2 Å². The smallest absolute Gasteiger partial charge is 0.244 e. The van der Waals surface area contributed by atoms with E-state index in [0.29, 0.717) is 24.7 Å². The number of fused-ring (bicyclic) bond motifs is 1. The minimum atomic E-state index is -3.95. The molecule has 9 nitrogen and oxygen atoms in total. The molecule has 0 saturated heterocycles. The second-order valence-corrected chi connectivity index (χ2v) is 10.9. The third-order valence-corrected chi connectivity index (χ3v) is 7.45. The van der Waals surface area contributed by atoms with Gasteiger partial charge in [0.2, 0.25) is 21.8 Å². The van der Waals surface area contributed by atoms with Gasteiger partial charge in [-0.25, -0.2) is 12.8 Å². The van der Waals surface area contributed by atoms with Gasteiger partial charge in [-0.2, -0.15) is 0 Å². The molecular formula is C28H30FN3O6S. The third kappa shape index (κ3) is 6.85.